The Morgan fingerprint density at radius 1 is 0.455 bits per heavy atom. The van der Waals surface area contributed by atoms with Crippen LogP contribution in [0.3, 0.4) is 0 Å². The summed E-state index contributed by atoms with van der Waals surface area (Å²) in [5.41, 5.74) is 0. The summed E-state index contributed by atoms with van der Waals surface area (Å²) in [6.45, 7) is 14.6. The molecule has 0 amide bonds. The normalized spacial score (nSPS) is 11.5. The fourth-order valence-corrected chi connectivity index (χ4v) is 6.92. The highest BCUT2D eigenvalue weighted by atomic mass is 16.7. The molecule has 0 bridgehead atoms. The number of esters is 2. The molecule has 0 unspecified atom stereocenters. The van der Waals surface area contributed by atoms with Crippen molar-refractivity contribution in [1.29, 1.82) is 0 Å². The van der Waals surface area contributed by atoms with E-state index in [1.54, 1.807) is 0 Å². The predicted octanol–water partition coefficient (Wildman–Crippen LogP) is 13.0. The molecule has 0 aliphatic heterocycles. The number of rotatable bonds is 48. The highest BCUT2D eigenvalue weighted by Gasteiger charge is 2.15. The molecule has 0 aliphatic carbocycles. The van der Waals surface area contributed by atoms with Crippen molar-refractivity contribution in [1.82, 2.24) is 4.90 Å². The van der Waals surface area contributed by atoms with Crippen molar-refractivity contribution < 1.29 is 43.1 Å². The smallest absolute Gasteiger partial charge is 0.305 e. The van der Waals surface area contributed by atoms with E-state index < -0.39 is 6.29 Å². The van der Waals surface area contributed by atoms with Gasteiger partial charge in [0.05, 0.1) is 45.9 Å². The van der Waals surface area contributed by atoms with E-state index in [2.05, 4.69) is 80.6 Å². The topological polar surface area (TPSA) is 113 Å². The highest BCUT2D eigenvalue weighted by molar-refractivity contribution is 5.69. The Morgan fingerprint density at radius 3 is 1.27 bits per heavy atom. The molecule has 66 heavy (non-hydrogen) atoms. The van der Waals surface area contributed by atoms with Crippen LogP contribution in [0.2, 0.25) is 0 Å². The first-order valence-electron chi connectivity index (χ1n) is 26.8. The first-order valence-corrected chi connectivity index (χ1v) is 26.8. The number of ether oxygens (including phenoxy) is 6. The molecule has 10 heteroatoms. The Balaban J connectivity index is 4.19. The second-order valence-corrected chi connectivity index (χ2v) is 17.1. The summed E-state index contributed by atoms with van der Waals surface area (Å²) in [6.07, 6.45) is 36.1. The number of aliphatic hydroxyl groups is 1. The number of nitrogens with zero attached hydrogens (tertiary/aromatic N) is 1. The lowest BCUT2D eigenvalue weighted by atomic mass is 10.1. The summed E-state index contributed by atoms with van der Waals surface area (Å²) >= 11 is 0. The number of allylic oxidation sites excluding steroid dienone is 4. The molecule has 0 spiro atoms. The van der Waals surface area contributed by atoms with Crippen LogP contribution in [-0.2, 0) is 38.0 Å². The van der Waals surface area contributed by atoms with Gasteiger partial charge < -0.3 is 38.4 Å². The molecule has 0 saturated heterocycles. The molecular formula is C56H99NO9. The molecule has 0 heterocycles. The molecule has 0 fully saturated rings. The molecule has 0 aromatic carbocycles. The van der Waals surface area contributed by atoms with E-state index in [9.17, 15) is 14.7 Å². The van der Waals surface area contributed by atoms with E-state index in [0.29, 0.717) is 78.3 Å². The molecule has 10 nitrogen and oxygen atoms in total. The van der Waals surface area contributed by atoms with Crippen LogP contribution in [0.5, 0.6) is 0 Å². The van der Waals surface area contributed by atoms with Crippen molar-refractivity contribution in [2.24, 2.45) is 0 Å². The Labute approximate surface area is 405 Å². The van der Waals surface area contributed by atoms with Gasteiger partial charge >= 0.3 is 11.9 Å². The van der Waals surface area contributed by atoms with Crippen LogP contribution in [-0.4, -0.2) is 100 Å². The Morgan fingerprint density at radius 2 is 0.848 bits per heavy atom. The Bertz CT molecular complexity index is 1190. The van der Waals surface area contributed by atoms with E-state index >= 15 is 0 Å². The maximum atomic E-state index is 12.5. The van der Waals surface area contributed by atoms with Crippen LogP contribution in [0.25, 0.3) is 0 Å². The monoisotopic (exact) mass is 930 g/mol. The second-order valence-electron chi connectivity index (χ2n) is 17.1. The number of hydrogen-bond donors (Lipinski definition) is 1. The molecule has 1 N–H and O–H groups in total. The fraction of sp³-hybridized carbons (Fsp3) is 0.821. The van der Waals surface area contributed by atoms with Crippen LogP contribution in [0.15, 0.2) is 24.3 Å². The minimum Gasteiger partial charge on any atom is -0.466 e. The van der Waals surface area contributed by atoms with E-state index in [1.165, 1.54) is 0 Å². The SMILES string of the molecule is CC/C=C\CCCCOC(CCC(=O)OCCCCCCCN(CCO)CCCCCCCOC(=O)CCC(OCCC#CCCCC)OCCC#CCCCC)OCCCC/C=C\CC. The molecule has 0 aliphatic rings. The standard InChI is InChI=1S/C56H99NO9/c1-5-9-13-17-25-35-49-63-55(64-50-36-26-18-14-10-6-2)41-39-53(59)61-47-33-29-21-23-31-43-57(45-46-58)44-32-24-22-30-34-48-62-54(60)40-42-56(65-51-37-27-19-15-11-7-3)66-52-38-28-20-16-12-8-4/h9-10,13-14,55-56,58H,5-8,11-12,15-18,21-26,29-52H2,1-4H3/b13-9-,14-10-. The van der Waals surface area contributed by atoms with Gasteiger partial charge in [0.15, 0.2) is 12.6 Å². The van der Waals surface area contributed by atoms with Gasteiger partial charge in [0.25, 0.3) is 0 Å². The minimum atomic E-state index is -0.464. The highest BCUT2D eigenvalue weighted by Crippen LogP contribution is 2.13. The summed E-state index contributed by atoms with van der Waals surface area (Å²) in [5, 5.41) is 9.62. The molecule has 0 rings (SSSR count). The van der Waals surface area contributed by atoms with Gasteiger partial charge in [0.2, 0.25) is 0 Å². The Hall–Kier alpha value is -2.70. The predicted molar refractivity (Wildman–Crippen MR) is 272 cm³/mol. The molecule has 0 aromatic heterocycles. The van der Waals surface area contributed by atoms with Crippen LogP contribution in [0.1, 0.15) is 220 Å². The Kier molecular flexibility index (Phi) is 51.1. The van der Waals surface area contributed by atoms with Gasteiger partial charge in [0, 0.05) is 58.3 Å². The average molecular weight is 930 g/mol. The van der Waals surface area contributed by atoms with Crippen molar-refractivity contribution in [3.63, 3.8) is 0 Å². The third-order valence-electron chi connectivity index (χ3n) is 10.9. The lowest BCUT2D eigenvalue weighted by molar-refractivity contribution is -0.159. The van der Waals surface area contributed by atoms with Gasteiger partial charge in [-0.2, -0.15) is 0 Å². The molecule has 0 saturated carbocycles. The largest absolute Gasteiger partial charge is 0.466 e. The zero-order valence-electron chi connectivity index (χ0n) is 42.9. The number of hydrogen-bond acceptors (Lipinski definition) is 10. The molecule has 382 valence electrons. The molecule has 0 aromatic rings. The van der Waals surface area contributed by atoms with Crippen molar-refractivity contribution >= 4 is 11.9 Å². The number of aliphatic hydroxyl groups excluding tert-OH is 1. The van der Waals surface area contributed by atoms with Gasteiger partial charge in [0.1, 0.15) is 0 Å². The first-order chi connectivity index (χ1) is 32.5. The van der Waals surface area contributed by atoms with E-state index in [1.807, 2.05) is 0 Å². The van der Waals surface area contributed by atoms with Crippen LogP contribution in [0.4, 0.5) is 0 Å². The maximum absolute atomic E-state index is 12.5. The van der Waals surface area contributed by atoms with Crippen molar-refractivity contribution in [2.75, 3.05) is 65.9 Å². The lowest BCUT2D eigenvalue weighted by Gasteiger charge is -2.21. The molecule has 0 atom stereocenters. The van der Waals surface area contributed by atoms with E-state index in [0.717, 1.165) is 167 Å². The third kappa shape index (κ3) is 47.8. The second kappa shape index (κ2) is 53.3. The zero-order chi connectivity index (χ0) is 48.1. The van der Waals surface area contributed by atoms with Gasteiger partial charge in [-0.25, -0.2) is 0 Å². The summed E-state index contributed by atoms with van der Waals surface area (Å²) in [6, 6.07) is 0. The van der Waals surface area contributed by atoms with Crippen molar-refractivity contribution in [3.8, 4) is 23.7 Å². The van der Waals surface area contributed by atoms with Crippen molar-refractivity contribution in [2.45, 2.75) is 233 Å². The number of unbranched alkanes of at least 4 members (excludes halogenated alkanes) is 16. The zero-order valence-corrected chi connectivity index (χ0v) is 42.9. The lowest BCUT2D eigenvalue weighted by Crippen LogP contribution is -2.29. The molecule has 0 radical (unpaired) electrons. The van der Waals surface area contributed by atoms with E-state index in [4.69, 9.17) is 28.4 Å². The van der Waals surface area contributed by atoms with Crippen molar-refractivity contribution in [3.05, 3.63) is 24.3 Å². The minimum absolute atomic E-state index is 0.171. The summed E-state index contributed by atoms with van der Waals surface area (Å²) in [4.78, 5) is 27.4. The average Bonchev–Trinajstić information content (AvgIpc) is 3.32. The fourth-order valence-electron chi connectivity index (χ4n) is 6.92. The van der Waals surface area contributed by atoms with Crippen LogP contribution < -0.4 is 0 Å². The van der Waals surface area contributed by atoms with E-state index in [-0.39, 0.29) is 31.3 Å². The summed E-state index contributed by atoms with van der Waals surface area (Å²) in [5.74, 6) is 12.3. The number of carbonyl (C=O) groups is 2. The van der Waals surface area contributed by atoms with Gasteiger partial charge in [-0.1, -0.05) is 103 Å². The quantitative estimate of drug-likeness (QED) is 0.0208. The van der Waals surface area contributed by atoms with Crippen LogP contribution >= 0.6 is 0 Å². The third-order valence-corrected chi connectivity index (χ3v) is 10.9. The number of carbonyl (C=O) groups excluding carboxylic acids is 2. The first kappa shape index (κ1) is 63.3. The summed E-state index contributed by atoms with van der Waals surface area (Å²) < 4.78 is 35.0. The van der Waals surface area contributed by atoms with Gasteiger partial charge in [-0.3, -0.25) is 9.59 Å². The van der Waals surface area contributed by atoms with Crippen LogP contribution in [0, 0.1) is 23.7 Å². The van der Waals surface area contributed by atoms with Gasteiger partial charge in [-0.05, 0) is 103 Å². The summed E-state index contributed by atoms with van der Waals surface area (Å²) in [7, 11) is 0. The maximum Gasteiger partial charge on any atom is 0.305 e. The van der Waals surface area contributed by atoms with Gasteiger partial charge in [-0.15, -0.1) is 23.7 Å². The molecular weight excluding hydrogens is 831 g/mol.